The molecule has 15 heteroatoms. The largest absolute Gasteiger partial charge is 0.483 e. The molecule has 1 spiro atoms. The van der Waals surface area contributed by atoms with Crippen molar-refractivity contribution in [3.8, 4) is 5.75 Å². The summed E-state index contributed by atoms with van der Waals surface area (Å²) < 4.78 is 55.0. The van der Waals surface area contributed by atoms with Crippen LogP contribution in [-0.2, 0) is 35.6 Å². The first-order valence-corrected chi connectivity index (χ1v) is 22.4. The van der Waals surface area contributed by atoms with Gasteiger partial charge in [-0.3, -0.25) is 19.1 Å². The van der Waals surface area contributed by atoms with E-state index in [0.29, 0.717) is 61.6 Å². The zero-order chi connectivity index (χ0) is 39.7. The van der Waals surface area contributed by atoms with Gasteiger partial charge < -0.3 is 25.0 Å². The highest BCUT2D eigenvalue weighted by Crippen LogP contribution is 2.52. The SMILES string of the molecule is CC1(S(=O)(=O)NC(=O)[C@@]23C[C@H]2/C=C\CCCCC[C@H](NC(=O)OC2CCCC2)C(=O)N2C[C@@]4(CCc5c(c(C6CC6)nc6ccc(F)cc56)O4)C[C@H]2C(=O)N3)CC1. The molecule has 0 unspecified atom stereocenters. The van der Waals surface area contributed by atoms with Gasteiger partial charge in [0.15, 0.2) is 0 Å². The summed E-state index contributed by atoms with van der Waals surface area (Å²) in [5.74, 6) is -1.89. The third-order valence-electron chi connectivity index (χ3n) is 13.6. The van der Waals surface area contributed by atoms with Crippen molar-refractivity contribution < 1.29 is 41.5 Å². The number of aromatic nitrogens is 1. The molecule has 3 N–H and O–H groups in total. The van der Waals surface area contributed by atoms with E-state index >= 15 is 0 Å². The highest BCUT2D eigenvalue weighted by Gasteiger charge is 2.64. The number of carbonyl (C=O) groups is 4. The Morgan fingerprint density at radius 2 is 1.79 bits per heavy atom. The monoisotopic (exact) mass is 805 g/mol. The zero-order valence-electron chi connectivity index (χ0n) is 32.4. The van der Waals surface area contributed by atoms with Crippen LogP contribution in [0.5, 0.6) is 5.75 Å². The van der Waals surface area contributed by atoms with Gasteiger partial charge in [-0.05, 0) is 115 Å². The third-order valence-corrected chi connectivity index (χ3v) is 15.8. The normalized spacial score (nSPS) is 31.8. The van der Waals surface area contributed by atoms with E-state index in [1.165, 1.54) is 17.0 Å². The van der Waals surface area contributed by atoms with E-state index in [0.717, 1.165) is 62.6 Å². The van der Waals surface area contributed by atoms with Crippen LogP contribution in [0.3, 0.4) is 0 Å². The van der Waals surface area contributed by atoms with E-state index in [1.54, 1.807) is 13.0 Å². The Kier molecular flexibility index (Phi) is 9.55. The van der Waals surface area contributed by atoms with E-state index in [4.69, 9.17) is 14.5 Å². The predicted molar refractivity (Wildman–Crippen MR) is 207 cm³/mol. The molecule has 5 fully saturated rings. The van der Waals surface area contributed by atoms with E-state index in [-0.39, 0.29) is 37.2 Å². The van der Waals surface area contributed by atoms with Gasteiger partial charge in [-0.2, -0.15) is 0 Å². The number of nitrogens with one attached hydrogen (secondary N) is 3. The molecule has 4 heterocycles. The molecule has 4 aliphatic carbocycles. The second kappa shape index (κ2) is 14.2. The van der Waals surface area contributed by atoms with Crippen molar-refractivity contribution in [3.63, 3.8) is 0 Å². The number of hydrogen-bond acceptors (Lipinski definition) is 9. The highest BCUT2D eigenvalue weighted by atomic mass is 32.2. The third kappa shape index (κ3) is 7.26. The number of ether oxygens (including phenoxy) is 2. The number of halogens is 1. The Hall–Kier alpha value is -4.27. The van der Waals surface area contributed by atoms with Gasteiger partial charge >= 0.3 is 6.09 Å². The van der Waals surface area contributed by atoms with Gasteiger partial charge in [-0.15, -0.1) is 0 Å². The van der Waals surface area contributed by atoms with Crippen LogP contribution < -0.4 is 20.1 Å². The summed E-state index contributed by atoms with van der Waals surface area (Å²) in [6.45, 7) is 1.63. The number of nitrogens with zero attached hydrogens (tertiary/aromatic N) is 2. The van der Waals surface area contributed by atoms with Gasteiger partial charge in [0.25, 0.3) is 5.91 Å². The number of sulfonamides is 1. The minimum atomic E-state index is -4.00. The number of benzene rings is 1. The maximum Gasteiger partial charge on any atom is 0.408 e. The predicted octanol–water partition coefficient (Wildman–Crippen LogP) is 5.35. The topological polar surface area (TPSA) is 173 Å². The van der Waals surface area contributed by atoms with Crippen LogP contribution in [0.25, 0.3) is 10.9 Å². The second-order valence-corrected chi connectivity index (χ2v) is 20.1. The number of fused-ring (bicyclic) bond motifs is 5. The Labute approximate surface area is 332 Å². The first-order chi connectivity index (χ1) is 27.3. The maximum atomic E-state index is 14.9. The average molecular weight is 806 g/mol. The van der Waals surface area contributed by atoms with Crippen LogP contribution in [0.2, 0.25) is 0 Å². The smallest absolute Gasteiger partial charge is 0.408 e. The summed E-state index contributed by atoms with van der Waals surface area (Å²) in [5, 5.41) is 6.48. The van der Waals surface area contributed by atoms with Crippen LogP contribution in [0.15, 0.2) is 30.4 Å². The molecule has 306 valence electrons. The van der Waals surface area contributed by atoms with Gasteiger partial charge in [0.2, 0.25) is 21.8 Å². The lowest BCUT2D eigenvalue weighted by atomic mass is 9.86. The quantitative estimate of drug-likeness (QED) is 0.326. The molecule has 4 saturated carbocycles. The minimum absolute atomic E-state index is 0.0275. The Balaban J connectivity index is 1.06. The van der Waals surface area contributed by atoms with Gasteiger partial charge in [-0.1, -0.05) is 25.0 Å². The molecule has 13 nitrogen and oxygen atoms in total. The van der Waals surface area contributed by atoms with Crippen LogP contribution in [0, 0.1) is 11.7 Å². The fourth-order valence-electron chi connectivity index (χ4n) is 9.49. The van der Waals surface area contributed by atoms with Crippen molar-refractivity contribution in [3.05, 3.63) is 47.4 Å². The lowest BCUT2D eigenvalue weighted by Gasteiger charge is -2.37. The Bertz CT molecular complexity index is 2150. The number of allylic oxidation sites excluding steroid dienone is 1. The van der Waals surface area contributed by atoms with Gasteiger partial charge in [-0.25, -0.2) is 22.6 Å². The first-order valence-electron chi connectivity index (χ1n) is 20.9. The Morgan fingerprint density at radius 1 is 1.02 bits per heavy atom. The molecule has 7 aliphatic rings. The van der Waals surface area contributed by atoms with E-state index < -0.39 is 67.7 Å². The highest BCUT2D eigenvalue weighted by molar-refractivity contribution is 7.91. The molecule has 4 amide bonds. The number of hydrogen-bond donors (Lipinski definition) is 3. The van der Waals surface area contributed by atoms with Gasteiger partial charge in [0.05, 0.1) is 22.5 Å². The van der Waals surface area contributed by atoms with E-state index in [9.17, 15) is 32.0 Å². The molecule has 5 atom stereocenters. The number of amides is 4. The van der Waals surface area contributed by atoms with Crippen molar-refractivity contribution in [1.29, 1.82) is 0 Å². The van der Waals surface area contributed by atoms with Crippen molar-refractivity contribution in [2.45, 2.75) is 156 Å². The standard InChI is InChI=1S/C42H52FN5O8S/c1-40(19-20-40)57(53,54)47-38(51)42-22-26(42)9-5-3-2-4-6-12-32(45-39(52)55-28-10-7-8-11-28)37(50)48-24-41(23-33(48)36(49)46-42)18-17-29-30-21-27(43)15-16-31(30)44-34(25-13-14-25)35(29)56-41/h5,9,15-16,21,25-26,28,32-33H,2-4,6-8,10-14,17-20,22-24H2,1H3,(H,45,52)(H,46,49)(H,47,51)/b9-5-/t26-,32+,33+,41-,42-/m1/s1. The molecular formula is C42H52FN5O8S. The molecular weight excluding hydrogens is 754 g/mol. The van der Waals surface area contributed by atoms with Gasteiger partial charge in [0.1, 0.15) is 40.9 Å². The summed E-state index contributed by atoms with van der Waals surface area (Å²) in [6.07, 6.45) is 13.7. The molecule has 0 bridgehead atoms. The van der Waals surface area contributed by atoms with Crippen molar-refractivity contribution in [2.24, 2.45) is 5.92 Å². The first kappa shape index (κ1) is 38.3. The minimum Gasteiger partial charge on any atom is -0.483 e. The van der Waals surface area contributed by atoms with Crippen molar-refractivity contribution in [1.82, 2.24) is 25.2 Å². The summed E-state index contributed by atoms with van der Waals surface area (Å²) in [4.78, 5) is 63.3. The second-order valence-electron chi connectivity index (χ2n) is 17.9. The zero-order valence-corrected chi connectivity index (χ0v) is 33.3. The van der Waals surface area contributed by atoms with Crippen LogP contribution in [-0.4, -0.2) is 82.7 Å². The fourth-order valence-corrected chi connectivity index (χ4v) is 10.8. The van der Waals surface area contributed by atoms with Crippen molar-refractivity contribution >= 4 is 44.7 Å². The summed E-state index contributed by atoms with van der Waals surface area (Å²) in [6, 6.07) is 2.47. The molecule has 57 heavy (non-hydrogen) atoms. The van der Waals surface area contributed by atoms with E-state index in [2.05, 4.69) is 15.4 Å². The maximum absolute atomic E-state index is 14.9. The summed E-state index contributed by atoms with van der Waals surface area (Å²) in [7, 11) is -4.00. The fraction of sp³-hybridized carbons (Fsp3) is 0.643. The molecule has 9 rings (SSSR count). The number of carbonyl (C=O) groups excluding carboxylic acids is 4. The average Bonchev–Trinajstić information content (AvgIpc) is 4.14. The number of pyridine rings is 1. The molecule has 1 aromatic heterocycles. The van der Waals surface area contributed by atoms with Crippen LogP contribution in [0.4, 0.5) is 9.18 Å². The molecule has 0 radical (unpaired) electrons. The van der Waals surface area contributed by atoms with Crippen LogP contribution in [0.1, 0.15) is 127 Å². The lowest BCUT2D eigenvalue weighted by Crippen LogP contribution is -2.58. The number of aryl methyl sites for hydroxylation is 1. The van der Waals surface area contributed by atoms with E-state index in [1.807, 2.05) is 12.2 Å². The molecule has 1 saturated heterocycles. The molecule has 3 aliphatic heterocycles. The Morgan fingerprint density at radius 3 is 2.54 bits per heavy atom. The van der Waals surface area contributed by atoms with Crippen LogP contribution >= 0.6 is 0 Å². The summed E-state index contributed by atoms with van der Waals surface area (Å²) >= 11 is 0. The molecule has 2 aromatic rings. The molecule has 1 aromatic carbocycles. The van der Waals surface area contributed by atoms with Crippen molar-refractivity contribution in [2.75, 3.05) is 6.54 Å². The number of rotatable bonds is 6. The summed E-state index contributed by atoms with van der Waals surface area (Å²) in [5.41, 5.74) is -0.204. The lowest BCUT2D eigenvalue weighted by molar-refractivity contribution is -0.141. The number of alkyl carbamates (subject to hydrolysis) is 1. The van der Waals surface area contributed by atoms with Gasteiger partial charge in [0, 0.05) is 29.2 Å².